The number of rotatable bonds is 3. The van der Waals surface area contributed by atoms with Crippen LogP contribution in [-0.4, -0.2) is 17.2 Å². The van der Waals surface area contributed by atoms with Gasteiger partial charge in [-0.05, 0) is 66.3 Å². The quantitative estimate of drug-likeness (QED) is 0.670. The third-order valence-electron chi connectivity index (χ3n) is 3.63. The van der Waals surface area contributed by atoms with Crippen LogP contribution in [-0.2, 0) is 12.8 Å². The Morgan fingerprint density at radius 2 is 1.86 bits per heavy atom. The zero-order valence-corrected chi connectivity index (χ0v) is 11.5. The number of carbonyl (C=O) groups excluding carboxylic acids is 1. The molecule has 1 aliphatic rings. The summed E-state index contributed by atoms with van der Waals surface area (Å²) in [5.74, 6) is -0.166. The van der Waals surface area contributed by atoms with Crippen LogP contribution in [0.25, 0.3) is 0 Å². The van der Waals surface area contributed by atoms with Crippen molar-refractivity contribution in [3.05, 3.63) is 64.7 Å². The topological polar surface area (TPSA) is 61.7 Å². The van der Waals surface area contributed by atoms with Gasteiger partial charge in [0.1, 0.15) is 5.75 Å². The third kappa shape index (κ3) is 3.11. The summed E-state index contributed by atoms with van der Waals surface area (Å²) < 4.78 is 0. The highest BCUT2D eigenvalue weighted by atomic mass is 16.3. The molecule has 0 aliphatic heterocycles. The minimum atomic E-state index is -0.299. The minimum absolute atomic E-state index is 0.133. The highest BCUT2D eigenvalue weighted by Crippen LogP contribution is 2.22. The summed E-state index contributed by atoms with van der Waals surface area (Å²) in [5, 5.41) is 13.2. The summed E-state index contributed by atoms with van der Waals surface area (Å²) in [4.78, 5) is 11.8. The van der Waals surface area contributed by atoms with E-state index in [-0.39, 0.29) is 11.7 Å². The van der Waals surface area contributed by atoms with Crippen LogP contribution in [0, 0.1) is 0 Å². The molecule has 21 heavy (non-hydrogen) atoms. The first-order valence-electron chi connectivity index (χ1n) is 6.96. The van der Waals surface area contributed by atoms with Gasteiger partial charge in [-0.25, -0.2) is 5.43 Å². The molecule has 0 bridgehead atoms. The molecule has 0 saturated carbocycles. The summed E-state index contributed by atoms with van der Waals surface area (Å²) >= 11 is 0. The van der Waals surface area contributed by atoms with E-state index in [1.54, 1.807) is 18.3 Å². The molecular formula is C17H16N2O2. The van der Waals surface area contributed by atoms with E-state index < -0.39 is 0 Å². The molecule has 1 amide bonds. The first-order valence-corrected chi connectivity index (χ1v) is 6.96. The van der Waals surface area contributed by atoms with Gasteiger partial charge in [-0.1, -0.05) is 12.1 Å². The number of hydrogen-bond acceptors (Lipinski definition) is 3. The number of carbonyl (C=O) groups is 1. The van der Waals surface area contributed by atoms with E-state index in [2.05, 4.69) is 22.7 Å². The van der Waals surface area contributed by atoms with Crippen molar-refractivity contribution in [2.75, 3.05) is 0 Å². The van der Waals surface area contributed by atoms with E-state index in [4.69, 9.17) is 0 Å². The number of phenolic OH excluding ortho intramolecular Hbond substituents is 1. The van der Waals surface area contributed by atoms with Crippen molar-refractivity contribution in [1.82, 2.24) is 5.43 Å². The Morgan fingerprint density at radius 3 is 2.67 bits per heavy atom. The molecule has 0 atom stereocenters. The van der Waals surface area contributed by atoms with Crippen LogP contribution in [0.4, 0.5) is 0 Å². The van der Waals surface area contributed by atoms with Crippen LogP contribution in [0.3, 0.4) is 0 Å². The zero-order chi connectivity index (χ0) is 14.7. The number of nitrogens with one attached hydrogen (secondary N) is 1. The molecule has 0 aromatic heterocycles. The van der Waals surface area contributed by atoms with Crippen molar-refractivity contribution in [1.29, 1.82) is 0 Å². The van der Waals surface area contributed by atoms with Crippen molar-refractivity contribution in [2.45, 2.75) is 19.3 Å². The number of aryl methyl sites for hydroxylation is 2. The normalized spacial score (nSPS) is 13.3. The average molecular weight is 280 g/mol. The van der Waals surface area contributed by atoms with Gasteiger partial charge in [0.2, 0.25) is 0 Å². The van der Waals surface area contributed by atoms with Gasteiger partial charge in [0, 0.05) is 5.56 Å². The zero-order valence-electron chi connectivity index (χ0n) is 11.5. The fourth-order valence-electron chi connectivity index (χ4n) is 2.51. The molecule has 0 saturated heterocycles. The third-order valence-corrected chi connectivity index (χ3v) is 3.63. The number of phenols is 1. The van der Waals surface area contributed by atoms with Crippen LogP contribution < -0.4 is 5.43 Å². The molecule has 106 valence electrons. The number of hydrazone groups is 1. The maximum atomic E-state index is 11.8. The largest absolute Gasteiger partial charge is 0.508 e. The SMILES string of the molecule is O=C(N/N=C/c1ccc2c(c1)CCC2)c1ccc(O)cc1. The molecule has 4 nitrogen and oxygen atoms in total. The van der Waals surface area contributed by atoms with E-state index in [9.17, 15) is 9.90 Å². The van der Waals surface area contributed by atoms with Crippen LogP contribution >= 0.6 is 0 Å². The Balaban J connectivity index is 1.64. The standard InChI is InChI=1S/C17H16N2O2/c20-16-8-6-14(7-9-16)17(21)19-18-11-12-4-5-13-2-1-3-15(13)10-12/h4-11,20H,1-3H2,(H,19,21)/b18-11+. The van der Waals surface area contributed by atoms with Crippen molar-refractivity contribution >= 4 is 12.1 Å². The molecule has 4 heteroatoms. The van der Waals surface area contributed by atoms with Crippen molar-refractivity contribution in [3.63, 3.8) is 0 Å². The maximum absolute atomic E-state index is 11.8. The number of hydrogen-bond donors (Lipinski definition) is 2. The summed E-state index contributed by atoms with van der Waals surface area (Å²) in [7, 11) is 0. The summed E-state index contributed by atoms with van der Waals surface area (Å²) in [5.41, 5.74) is 6.72. The average Bonchev–Trinajstić information content (AvgIpc) is 2.95. The highest BCUT2D eigenvalue weighted by Gasteiger charge is 2.10. The van der Waals surface area contributed by atoms with Crippen molar-refractivity contribution < 1.29 is 9.90 Å². The van der Waals surface area contributed by atoms with E-state index in [1.807, 2.05) is 6.07 Å². The van der Waals surface area contributed by atoms with Gasteiger partial charge in [0.05, 0.1) is 6.21 Å². The van der Waals surface area contributed by atoms with E-state index >= 15 is 0 Å². The number of benzene rings is 2. The van der Waals surface area contributed by atoms with Crippen LogP contribution in [0.5, 0.6) is 5.75 Å². The van der Waals surface area contributed by atoms with E-state index in [0.29, 0.717) is 5.56 Å². The number of aromatic hydroxyl groups is 1. The van der Waals surface area contributed by atoms with Gasteiger partial charge in [-0.3, -0.25) is 4.79 Å². The minimum Gasteiger partial charge on any atom is -0.508 e. The Bertz CT molecular complexity index is 690. The lowest BCUT2D eigenvalue weighted by molar-refractivity contribution is 0.0955. The van der Waals surface area contributed by atoms with Crippen LogP contribution in [0.15, 0.2) is 47.6 Å². The maximum Gasteiger partial charge on any atom is 0.271 e. The van der Waals surface area contributed by atoms with Gasteiger partial charge in [-0.15, -0.1) is 0 Å². The van der Waals surface area contributed by atoms with Gasteiger partial charge in [-0.2, -0.15) is 5.10 Å². The molecule has 2 aromatic rings. The second-order valence-corrected chi connectivity index (χ2v) is 5.13. The first-order chi connectivity index (χ1) is 10.2. The second-order valence-electron chi connectivity index (χ2n) is 5.13. The molecule has 0 unspecified atom stereocenters. The van der Waals surface area contributed by atoms with Crippen molar-refractivity contribution in [3.8, 4) is 5.75 Å². The summed E-state index contributed by atoms with van der Waals surface area (Å²) in [6, 6.07) is 12.3. The first kappa shape index (κ1) is 13.4. The molecular weight excluding hydrogens is 264 g/mol. The molecule has 2 aromatic carbocycles. The fraction of sp³-hybridized carbons (Fsp3) is 0.176. The lowest BCUT2D eigenvalue weighted by atomic mass is 10.1. The monoisotopic (exact) mass is 280 g/mol. The lowest BCUT2D eigenvalue weighted by Crippen LogP contribution is -2.17. The molecule has 0 fully saturated rings. The lowest BCUT2D eigenvalue weighted by Gasteiger charge is -2.01. The van der Waals surface area contributed by atoms with E-state index in [1.165, 1.54) is 29.7 Å². The van der Waals surface area contributed by atoms with Crippen LogP contribution in [0.1, 0.15) is 33.5 Å². The Labute approximate surface area is 123 Å². The molecule has 3 rings (SSSR count). The Hall–Kier alpha value is -2.62. The fourth-order valence-corrected chi connectivity index (χ4v) is 2.51. The molecule has 0 spiro atoms. The Morgan fingerprint density at radius 1 is 1.10 bits per heavy atom. The van der Waals surface area contributed by atoms with Crippen LogP contribution in [0.2, 0.25) is 0 Å². The van der Waals surface area contributed by atoms with Gasteiger partial charge in [0.25, 0.3) is 5.91 Å². The predicted molar refractivity (Wildman–Crippen MR) is 81.6 cm³/mol. The van der Waals surface area contributed by atoms with Crippen molar-refractivity contribution in [2.24, 2.45) is 5.10 Å². The Kier molecular flexibility index (Phi) is 3.69. The van der Waals surface area contributed by atoms with Gasteiger partial charge >= 0.3 is 0 Å². The summed E-state index contributed by atoms with van der Waals surface area (Å²) in [6.45, 7) is 0. The highest BCUT2D eigenvalue weighted by molar-refractivity contribution is 5.95. The molecule has 0 heterocycles. The second kappa shape index (κ2) is 5.79. The number of amides is 1. The number of nitrogens with zero attached hydrogens (tertiary/aromatic N) is 1. The van der Waals surface area contributed by atoms with Gasteiger partial charge in [0.15, 0.2) is 0 Å². The molecule has 0 radical (unpaired) electrons. The van der Waals surface area contributed by atoms with Gasteiger partial charge < -0.3 is 5.11 Å². The molecule has 2 N–H and O–H groups in total. The predicted octanol–water partition coefficient (Wildman–Crippen LogP) is 2.64. The smallest absolute Gasteiger partial charge is 0.271 e. The summed E-state index contributed by atoms with van der Waals surface area (Å²) in [6.07, 6.45) is 5.14. The van der Waals surface area contributed by atoms with E-state index in [0.717, 1.165) is 18.4 Å². The molecule has 1 aliphatic carbocycles. The number of fused-ring (bicyclic) bond motifs is 1.